The number of para-hydroxylation sites is 1. The third-order valence-electron chi connectivity index (χ3n) is 3.35. The Morgan fingerprint density at radius 2 is 2.00 bits per heavy atom. The monoisotopic (exact) mass is 291 g/mol. The molecular weight excluding hydrogens is 270 g/mol. The molecule has 0 radical (unpaired) electrons. The van der Waals surface area contributed by atoms with Crippen molar-refractivity contribution in [3.8, 4) is 0 Å². The van der Waals surface area contributed by atoms with Crippen LogP contribution in [0.15, 0.2) is 24.3 Å². The lowest BCUT2D eigenvalue weighted by atomic mass is 10.1. The predicted octanol–water partition coefficient (Wildman–Crippen LogP) is 3.22. The van der Waals surface area contributed by atoms with Crippen molar-refractivity contribution in [2.45, 2.75) is 51.7 Å². The fourth-order valence-electron chi connectivity index (χ4n) is 2.54. The molecule has 0 aromatic heterocycles. The molecule has 1 aliphatic heterocycles. The molecule has 1 amide bonds. The van der Waals surface area contributed by atoms with E-state index in [1.54, 1.807) is 4.90 Å². The smallest absolute Gasteiger partial charge is 0.415 e. The minimum Gasteiger partial charge on any atom is -0.481 e. The van der Waals surface area contributed by atoms with Gasteiger partial charge in [-0.3, -0.25) is 9.69 Å². The van der Waals surface area contributed by atoms with Crippen LogP contribution >= 0.6 is 0 Å². The van der Waals surface area contributed by atoms with E-state index in [1.807, 2.05) is 45.0 Å². The van der Waals surface area contributed by atoms with Gasteiger partial charge in [0.1, 0.15) is 5.60 Å². The summed E-state index contributed by atoms with van der Waals surface area (Å²) >= 11 is 0. The Bertz CT molecular complexity index is 547. The van der Waals surface area contributed by atoms with E-state index in [2.05, 4.69) is 0 Å². The first-order chi connectivity index (χ1) is 9.78. The molecule has 1 unspecified atom stereocenters. The van der Waals surface area contributed by atoms with Crippen LogP contribution in [0.5, 0.6) is 0 Å². The molecule has 0 spiro atoms. The Balaban J connectivity index is 2.22. The number of carbonyl (C=O) groups excluding carboxylic acids is 1. The number of carbonyl (C=O) groups is 2. The van der Waals surface area contributed by atoms with Gasteiger partial charge in [-0.2, -0.15) is 0 Å². The molecule has 1 aliphatic rings. The average molecular weight is 291 g/mol. The lowest BCUT2D eigenvalue weighted by Gasteiger charge is -2.29. The lowest BCUT2D eigenvalue weighted by Crippen LogP contribution is -2.41. The molecule has 0 bridgehead atoms. The minimum atomic E-state index is -0.852. The number of aliphatic carboxylic acids is 1. The Hall–Kier alpha value is -2.04. The van der Waals surface area contributed by atoms with Crippen molar-refractivity contribution >= 4 is 17.7 Å². The molecule has 0 fully saturated rings. The third-order valence-corrected chi connectivity index (χ3v) is 3.35. The zero-order valence-electron chi connectivity index (χ0n) is 12.6. The molecule has 0 aliphatic carbocycles. The molecule has 0 saturated heterocycles. The molecule has 21 heavy (non-hydrogen) atoms. The van der Waals surface area contributed by atoms with Gasteiger partial charge < -0.3 is 9.84 Å². The van der Waals surface area contributed by atoms with Crippen LogP contribution in [0.3, 0.4) is 0 Å². The number of anilines is 1. The summed E-state index contributed by atoms with van der Waals surface area (Å²) in [6.07, 6.45) is 0.715. The molecule has 0 saturated carbocycles. The zero-order chi connectivity index (χ0) is 15.6. The summed E-state index contributed by atoms with van der Waals surface area (Å²) in [6, 6.07) is 7.47. The topological polar surface area (TPSA) is 66.8 Å². The van der Waals surface area contributed by atoms with E-state index in [0.29, 0.717) is 12.8 Å². The minimum absolute atomic E-state index is 0.0396. The largest absolute Gasteiger partial charge is 0.481 e. The summed E-state index contributed by atoms with van der Waals surface area (Å²) < 4.78 is 5.46. The number of ether oxygens (including phenoxy) is 1. The first kappa shape index (κ1) is 15.4. The Morgan fingerprint density at radius 1 is 1.33 bits per heavy atom. The summed E-state index contributed by atoms with van der Waals surface area (Å²) in [5.41, 5.74) is 1.30. The van der Waals surface area contributed by atoms with Crippen LogP contribution in [0.25, 0.3) is 0 Å². The molecule has 114 valence electrons. The van der Waals surface area contributed by atoms with Crippen molar-refractivity contribution in [3.05, 3.63) is 29.8 Å². The Morgan fingerprint density at radius 3 is 2.62 bits per heavy atom. The van der Waals surface area contributed by atoms with Crippen molar-refractivity contribution in [3.63, 3.8) is 0 Å². The number of rotatable bonds is 3. The van der Waals surface area contributed by atoms with Gasteiger partial charge in [0, 0.05) is 12.5 Å². The van der Waals surface area contributed by atoms with Crippen LogP contribution in [0.1, 0.15) is 39.2 Å². The van der Waals surface area contributed by atoms with Gasteiger partial charge in [0.2, 0.25) is 0 Å². The molecule has 1 aromatic carbocycles. The summed E-state index contributed by atoms with van der Waals surface area (Å²) in [6.45, 7) is 5.46. The van der Waals surface area contributed by atoms with Crippen molar-refractivity contribution in [1.29, 1.82) is 0 Å². The number of amides is 1. The molecule has 1 atom stereocenters. The van der Waals surface area contributed by atoms with Gasteiger partial charge in [-0.05, 0) is 45.2 Å². The second-order valence-corrected chi connectivity index (χ2v) is 6.27. The van der Waals surface area contributed by atoms with Gasteiger partial charge in [-0.15, -0.1) is 0 Å². The summed E-state index contributed by atoms with van der Waals surface area (Å²) in [5.74, 6) is -0.852. The number of carboxylic acid groups (broad SMARTS) is 1. The van der Waals surface area contributed by atoms with Gasteiger partial charge >= 0.3 is 12.1 Å². The predicted molar refractivity (Wildman–Crippen MR) is 79.5 cm³/mol. The number of benzene rings is 1. The van der Waals surface area contributed by atoms with Gasteiger partial charge in [0.25, 0.3) is 0 Å². The van der Waals surface area contributed by atoms with Crippen LogP contribution in [0.4, 0.5) is 10.5 Å². The molecular formula is C16H21NO4. The second-order valence-electron chi connectivity index (χ2n) is 6.27. The van der Waals surface area contributed by atoms with Gasteiger partial charge in [0.15, 0.2) is 0 Å². The zero-order valence-corrected chi connectivity index (χ0v) is 12.6. The van der Waals surface area contributed by atoms with E-state index < -0.39 is 17.7 Å². The van der Waals surface area contributed by atoms with E-state index >= 15 is 0 Å². The van der Waals surface area contributed by atoms with Crippen molar-refractivity contribution in [2.24, 2.45) is 0 Å². The van der Waals surface area contributed by atoms with E-state index in [4.69, 9.17) is 9.84 Å². The van der Waals surface area contributed by atoms with E-state index in [1.165, 1.54) is 0 Å². The normalized spacial score (nSPS) is 17.5. The summed E-state index contributed by atoms with van der Waals surface area (Å²) in [4.78, 5) is 24.8. The fourth-order valence-corrected chi connectivity index (χ4v) is 2.54. The van der Waals surface area contributed by atoms with Crippen LogP contribution in [0, 0.1) is 0 Å². The fraction of sp³-hybridized carbons (Fsp3) is 0.500. The SMILES string of the molecule is CC(C)(C)OC(=O)N1c2ccccc2CC1CCC(=O)O. The average Bonchev–Trinajstić information content (AvgIpc) is 2.72. The van der Waals surface area contributed by atoms with Gasteiger partial charge in [-0.25, -0.2) is 4.79 Å². The maximum absolute atomic E-state index is 12.4. The highest BCUT2D eigenvalue weighted by Gasteiger charge is 2.36. The number of hydrogen-bond donors (Lipinski definition) is 1. The first-order valence-corrected chi connectivity index (χ1v) is 7.10. The van der Waals surface area contributed by atoms with Crippen molar-refractivity contribution in [2.75, 3.05) is 4.90 Å². The second kappa shape index (κ2) is 5.76. The van der Waals surface area contributed by atoms with Crippen molar-refractivity contribution < 1.29 is 19.4 Å². The molecule has 1 N–H and O–H groups in total. The highest BCUT2D eigenvalue weighted by Crippen LogP contribution is 2.35. The third kappa shape index (κ3) is 3.74. The van der Waals surface area contributed by atoms with Crippen LogP contribution in [0.2, 0.25) is 0 Å². The van der Waals surface area contributed by atoms with Gasteiger partial charge in [-0.1, -0.05) is 18.2 Å². The molecule has 1 heterocycles. The van der Waals surface area contributed by atoms with Crippen LogP contribution in [-0.4, -0.2) is 28.8 Å². The Kier molecular flexibility index (Phi) is 4.21. The van der Waals surface area contributed by atoms with Crippen LogP contribution < -0.4 is 4.90 Å². The standard InChI is InChI=1S/C16H21NO4/c1-16(2,3)21-15(20)17-12(8-9-14(18)19)10-11-6-4-5-7-13(11)17/h4-7,12H,8-10H2,1-3H3,(H,18,19). The summed E-state index contributed by atoms with van der Waals surface area (Å²) in [7, 11) is 0. The van der Waals surface area contributed by atoms with E-state index in [9.17, 15) is 9.59 Å². The summed E-state index contributed by atoms with van der Waals surface area (Å²) in [5, 5.41) is 8.87. The highest BCUT2D eigenvalue weighted by molar-refractivity contribution is 5.91. The number of fused-ring (bicyclic) bond motifs is 1. The van der Waals surface area contributed by atoms with Crippen molar-refractivity contribution in [1.82, 2.24) is 0 Å². The number of carboxylic acids is 1. The maximum atomic E-state index is 12.4. The number of nitrogens with zero attached hydrogens (tertiary/aromatic N) is 1. The Labute approximate surface area is 124 Å². The molecule has 5 nitrogen and oxygen atoms in total. The lowest BCUT2D eigenvalue weighted by molar-refractivity contribution is -0.137. The highest BCUT2D eigenvalue weighted by atomic mass is 16.6. The number of hydrogen-bond acceptors (Lipinski definition) is 3. The van der Waals surface area contributed by atoms with Crippen LogP contribution in [-0.2, 0) is 16.0 Å². The first-order valence-electron chi connectivity index (χ1n) is 7.10. The van der Waals surface area contributed by atoms with E-state index in [0.717, 1.165) is 11.3 Å². The molecule has 2 rings (SSSR count). The van der Waals surface area contributed by atoms with Gasteiger partial charge in [0.05, 0.1) is 5.69 Å². The molecule has 1 aromatic rings. The van der Waals surface area contributed by atoms with E-state index in [-0.39, 0.29) is 12.5 Å². The molecule has 5 heteroatoms. The quantitative estimate of drug-likeness (QED) is 0.928. The maximum Gasteiger partial charge on any atom is 0.415 e.